The molecule has 5 rings (SSSR count). The van der Waals surface area contributed by atoms with Crippen LogP contribution in [0.5, 0.6) is 17.2 Å². The normalized spacial score (nSPS) is 12.2. The Morgan fingerprint density at radius 1 is 0.962 bits per heavy atom. The molecule has 1 aliphatic rings. The van der Waals surface area contributed by atoms with E-state index >= 15 is 0 Å². The number of benzene rings is 3. The summed E-state index contributed by atoms with van der Waals surface area (Å²) in [5.74, 6) is 0.911. The summed E-state index contributed by atoms with van der Waals surface area (Å²) in [7, 11) is 3.34. The number of hydrogen-bond acceptors (Lipinski definition) is 2. The van der Waals surface area contributed by atoms with Gasteiger partial charge in [-0.2, -0.15) is 4.57 Å². The lowest BCUT2D eigenvalue weighted by Crippen LogP contribution is -2.33. The molecule has 3 nitrogen and oxygen atoms in total. The summed E-state index contributed by atoms with van der Waals surface area (Å²) in [5, 5.41) is 1.97. The van der Waals surface area contributed by atoms with Crippen LogP contribution in [0.25, 0.3) is 32.9 Å². The summed E-state index contributed by atoms with van der Waals surface area (Å²) < 4.78 is 41.9. The average Bonchev–Trinajstić information content (AvgIpc) is 2.64. The number of aromatic nitrogens is 1. The van der Waals surface area contributed by atoms with Gasteiger partial charge in [-0.3, -0.25) is 0 Å². The van der Waals surface area contributed by atoms with Crippen molar-refractivity contribution in [2.75, 3.05) is 7.11 Å². The highest BCUT2D eigenvalue weighted by atomic mass is 19.1. The molecule has 0 saturated carbocycles. The van der Waals surface area contributed by atoms with Crippen molar-refractivity contribution in [2.45, 2.75) is 0 Å². The fourth-order valence-corrected chi connectivity index (χ4v) is 3.78. The van der Waals surface area contributed by atoms with Crippen LogP contribution in [0, 0.1) is 11.6 Å². The van der Waals surface area contributed by atoms with Crippen molar-refractivity contribution < 1.29 is 22.8 Å². The van der Waals surface area contributed by atoms with Crippen LogP contribution in [0.1, 0.15) is 0 Å². The van der Waals surface area contributed by atoms with Crippen LogP contribution in [-0.2, 0) is 7.05 Å². The van der Waals surface area contributed by atoms with E-state index in [0.717, 1.165) is 16.5 Å². The first kappa shape index (κ1) is 15.1. The first-order valence-corrected chi connectivity index (χ1v) is 8.18. The number of pyridine rings is 1. The van der Waals surface area contributed by atoms with Crippen LogP contribution in [0.4, 0.5) is 8.78 Å². The second-order valence-corrected chi connectivity index (χ2v) is 6.33. The van der Waals surface area contributed by atoms with Crippen LogP contribution < -0.4 is 14.0 Å². The molecule has 0 unspecified atom stereocenters. The second kappa shape index (κ2) is 5.14. The van der Waals surface area contributed by atoms with Gasteiger partial charge in [0, 0.05) is 11.5 Å². The van der Waals surface area contributed by atoms with Gasteiger partial charge in [0.1, 0.15) is 35.9 Å². The van der Waals surface area contributed by atoms with Crippen LogP contribution >= 0.6 is 0 Å². The van der Waals surface area contributed by atoms with Gasteiger partial charge < -0.3 is 9.47 Å². The Morgan fingerprint density at radius 3 is 2.62 bits per heavy atom. The third kappa shape index (κ3) is 1.88. The number of ether oxygens (including phenoxy) is 2. The zero-order chi connectivity index (χ0) is 18.0. The SMILES string of the molecule is COc1cc(F)c2c3cccc4c3c([n+](C)c2c1)-c1cc(F)ccc1O4. The minimum absolute atomic E-state index is 0.350. The molecule has 0 bridgehead atoms. The lowest BCUT2D eigenvalue weighted by Gasteiger charge is -2.20. The molecule has 1 aromatic heterocycles. The van der Waals surface area contributed by atoms with Gasteiger partial charge in [-0.1, -0.05) is 12.1 Å². The third-order valence-corrected chi connectivity index (χ3v) is 4.92. The Kier molecular flexibility index (Phi) is 2.98. The van der Waals surface area contributed by atoms with Crippen molar-refractivity contribution >= 4 is 21.7 Å². The zero-order valence-electron chi connectivity index (χ0n) is 14.1. The second-order valence-electron chi connectivity index (χ2n) is 6.33. The van der Waals surface area contributed by atoms with Crippen LogP contribution in [0.2, 0.25) is 0 Å². The fraction of sp³-hybridized carbons (Fsp3) is 0.0952. The summed E-state index contributed by atoms with van der Waals surface area (Å²) in [6.07, 6.45) is 0. The largest absolute Gasteiger partial charge is 0.496 e. The van der Waals surface area contributed by atoms with E-state index in [-0.39, 0.29) is 11.6 Å². The molecule has 5 heteroatoms. The molecule has 128 valence electrons. The Morgan fingerprint density at radius 2 is 1.81 bits per heavy atom. The number of aryl methyl sites for hydroxylation is 1. The van der Waals surface area contributed by atoms with Gasteiger partial charge in [-0.05, 0) is 24.3 Å². The van der Waals surface area contributed by atoms with Crippen molar-refractivity contribution in [2.24, 2.45) is 7.05 Å². The van der Waals surface area contributed by atoms with E-state index in [1.165, 1.54) is 25.3 Å². The smallest absolute Gasteiger partial charge is 0.228 e. The zero-order valence-corrected chi connectivity index (χ0v) is 14.1. The van der Waals surface area contributed by atoms with Gasteiger partial charge in [0.15, 0.2) is 0 Å². The van der Waals surface area contributed by atoms with Gasteiger partial charge in [0.25, 0.3) is 0 Å². The van der Waals surface area contributed by atoms with Gasteiger partial charge >= 0.3 is 0 Å². The molecular weight excluding hydrogens is 336 g/mol. The van der Waals surface area contributed by atoms with Gasteiger partial charge in [-0.15, -0.1) is 0 Å². The Bertz CT molecular complexity index is 1230. The van der Waals surface area contributed by atoms with Crippen molar-refractivity contribution in [3.05, 3.63) is 60.2 Å². The van der Waals surface area contributed by atoms with Gasteiger partial charge in [-0.25, -0.2) is 8.78 Å². The molecule has 3 aromatic carbocycles. The minimum atomic E-state index is -0.372. The van der Waals surface area contributed by atoms with Crippen molar-refractivity contribution in [3.63, 3.8) is 0 Å². The number of halogens is 2. The van der Waals surface area contributed by atoms with E-state index in [4.69, 9.17) is 9.47 Å². The number of nitrogens with zero attached hydrogens (tertiary/aromatic N) is 1. The number of fused-ring (bicyclic) bond motifs is 4. The highest BCUT2D eigenvalue weighted by molar-refractivity contribution is 6.13. The topological polar surface area (TPSA) is 22.3 Å². The number of rotatable bonds is 1. The summed E-state index contributed by atoms with van der Waals surface area (Å²) in [5.41, 5.74) is 2.09. The lowest BCUT2D eigenvalue weighted by atomic mass is 9.96. The third-order valence-electron chi connectivity index (χ3n) is 4.92. The first-order chi connectivity index (χ1) is 12.6. The minimum Gasteiger partial charge on any atom is -0.496 e. The molecule has 0 fully saturated rings. The predicted molar refractivity (Wildman–Crippen MR) is 94.6 cm³/mol. The maximum absolute atomic E-state index is 14.9. The summed E-state index contributed by atoms with van der Waals surface area (Å²) in [6, 6.07) is 13.1. The molecule has 1 aliphatic heterocycles. The van der Waals surface area contributed by atoms with E-state index < -0.39 is 0 Å². The molecule has 2 heterocycles. The lowest BCUT2D eigenvalue weighted by molar-refractivity contribution is -0.632. The molecule has 0 saturated heterocycles. The number of hydrogen-bond donors (Lipinski definition) is 0. The standard InChI is InChI=1S/C21H14F2NO2/c1-24-16-10-12(25-2)9-15(23)19(16)13-4-3-5-18-20(13)21(24)14-8-11(22)6-7-17(14)26-18/h3-10H,1-2H3/q+1. The maximum atomic E-state index is 14.9. The van der Waals surface area contributed by atoms with E-state index in [0.29, 0.717) is 33.7 Å². The van der Waals surface area contributed by atoms with Crippen LogP contribution in [0.15, 0.2) is 48.5 Å². The molecule has 0 N–H and O–H groups in total. The Labute approximate surface area is 148 Å². The molecule has 0 atom stereocenters. The van der Waals surface area contributed by atoms with E-state index in [9.17, 15) is 8.78 Å². The predicted octanol–water partition coefficient (Wildman–Crippen LogP) is 4.88. The fourth-order valence-electron chi connectivity index (χ4n) is 3.78. The maximum Gasteiger partial charge on any atom is 0.228 e. The molecule has 0 amide bonds. The highest BCUT2D eigenvalue weighted by Gasteiger charge is 2.31. The van der Waals surface area contributed by atoms with E-state index in [2.05, 4.69) is 0 Å². The van der Waals surface area contributed by atoms with Gasteiger partial charge in [0.05, 0.1) is 29.5 Å². The number of methoxy groups -OCH3 is 1. The highest BCUT2D eigenvalue weighted by Crippen LogP contribution is 2.47. The Hall–Kier alpha value is -3.21. The summed E-state index contributed by atoms with van der Waals surface area (Å²) >= 11 is 0. The average molecular weight is 350 g/mol. The molecule has 4 aromatic rings. The van der Waals surface area contributed by atoms with E-state index in [1.54, 1.807) is 12.1 Å². The van der Waals surface area contributed by atoms with E-state index in [1.807, 2.05) is 29.8 Å². The molecule has 0 spiro atoms. The van der Waals surface area contributed by atoms with Crippen molar-refractivity contribution in [1.82, 2.24) is 0 Å². The molecule has 26 heavy (non-hydrogen) atoms. The summed E-state index contributed by atoms with van der Waals surface area (Å²) in [6.45, 7) is 0. The van der Waals surface area contributed by atoms with Crippen LogP contribution in [-0.4, -0.2) is 7.11 Å². The monoisotopic (exact) mass is 350 g/mol. The summed E-state index contributed by atoms with van der Waals surface area (Å²) in [4.78, 5) is 0. The van der Waals surface area contributed by atoms with Gasteiger partial charge in [0.2, 0.25) is 11.2 Å². The van der Waals surface area contributed by atoms with Crippen LogP contribution in [0.3, 0.4) is 0 Å². The van der Waals surface area contributed by atoms with Crippen molar-refractivity contribution in [3.8, 4) is 28.5 Å². The quantitative estimate of drug-likeness (QED) is 0.318. The molecule has 0 radical (unpaired) electrons. The molecule has 0 aliphatic carbocycles. The Balaban J connectivity index is 2.06. The molecular formula is C21H14F2NO2+. The first-order valence-electron chi connectivity index (χ1n) is 8.18. The van der Waals surface area contributed by atoms with Crippen molar-refractivity contribution in [1.29, 1.82) is 0 Å².